The number of unbranched alkanes of at least 4 members (excludes halogenated alkanes) is 4. The maximum atomic E-state index is 12.6. The van der Waals surface area contributed by atoms with Crippen LogP contribution in [0.15, 0.2) is 28.6 Å². The van der Waals surface area contributed by atoms with Gasteiger partial charge >= 0.3 is 0 Å². The van der Waals surface area contributed by atoms with Gasteiger partial charge < -0.3 is 9.74 Å². The van der Waals surface area contributed by atoms with E-state index >= 15 is 0 Å². The second kappa shape index (κ2) is 8.76. The minimum atomic E-state index is 0.0168. The predicted octanol–water partition coefficient (Wildman–Crippen LogP) is 4.19. The minimum Gasteiger partial charge on any atom is -0.395 e. The van der Waals surface area contributed by atoms with Gasteiger partial charge in [-0.15, -0.1) is 0 Å². The van der Waals surface area contributed by atoms with Crippen molar-refractivity contribution in [1.29, 1.82) is 0 Å². The van der Waals surface area contributed by atoms with Crippen molar-refractivity contribution in [2.75, 3.05) is 13.2 Å². The van der Waals surface area contributed by atoms with Gasteiger partial charge in [-0.05, 0) is 25.7 Å². The fourth-order valence-corrected chi connectivity index (χ4v) is 2.89. The van der Waals surface area contributed by atoms with Crippen LogP contribution in [0.5, 0.6) is 0 Å². The maximum absolute atomic E-state index is 12.6. The first kappa shape index (κ1) is 16.8. The second-order valence-electron chi connectivity index (χ2n) is 5.95. The van der Waals surface area contributed by atoms with Crippen molar-refractivity contribution in [3.05, 3.63) is 23.4 Å². The van der Waals surface area contributed by atoms with Crippen molar-refractivity contribution < 1.29 is 9.63 Å². The highest BCUT2D eigenvalue weighted by atomic mass is 16.6. The average Bonchev–Trinajstić information content (AvgIpc) is 2.80. The zero-order valence-electron chi connectivity index (χ0n) is 13.9. The van der Waals surface area contributed by atoms with E-state index in [4.69, 9.17) is 4.84 Å². The summed E-state index contributed by atoms with van der Waals surface area (Å²) in [5, 5.41) is 4.16. The molecular weight excluding hydrogens is 276 g/mol. The number of carbonyl (C=O) groups is 1. The van der Waals surface area contributed by atoms with Gasteiger partial charge in [0.25, 0.3) is 5.91 Å². The molecule has 1 amide bonds. The van der Waals surface area contributed by atoms with E-state index in [1.807, 2.05) is 11.0 Å². The highest BCUT2D eigenvalue weighted by molar-refractivity contribution is 6.48. The molecule has 2 rings (SSSR count). The van der Waals surface area contributed by atoms with Crippen LogP contribution in [0.3, 0.4) is 0 Å². The number of carbonyl (C=O) groups excluding carboxylic acids is 1. The number of nitrogens with zero attached hydrogens (tertiary/aromatic N) is 2. The molecule has 0 atom stereocenters. The molecule has 1 aliphatic carbocycles. The zero-order valence-corrected chi connectivity index (χ0v) is 13.9. The summed E-state index contributed by atoms with van der Waals surface area (Å²) in [5.41, 5.74) is 2.61. The van der Waals surface area contributed by atoms with E-state index in [-0.39, 0.29) is 5.91 Å². The highest BCUT2D eigenvalue weighted by Gasteiger charge is 2.36. The molecule has 0 aromatic heterocycles. The lowest BCUT2D eigenvalue weighted by molar-refractivity contribution is -0.122. The van der Waals surface area contributed by atoms with Gasteiger partial charge in [0.2, 0.25) is 0 Å². The highest BCUT2D eigenvalue weighted by Crippen LogP contribution is 2.31. The lowest BCUT2D eigenvalue weighted by atomic mass is 10.0. The first-order chi connectivity index (χ1) is 10.8. The molecule has 0 N–H and O–H groups in total. The molecule has 0 radical (unpaired) electrons. The van der Waals surface area contributed by atoms with Gasteiger partial charge in [-0.25, -0.2) is 0 Å². The third-order valence-electron chi connectivity index (χ3n) is 4.15. The molecule has 0 aromatic carbocycles. The number of rotatable bonds is 9. The van der Waals surface area contributed by atoms with E-state index in [9.17, 15) is 4.79 Å². The van der Waals surface area contributed by atoms with Crippen LogP contribution in [0, 0.1) is 0 Å². The number of amides is 1. The second-order valence-corrected chi connectivity index (χ2v) is 5.95. The molecular formula is C18H28N2O2. The minimum absolute atomic E-state index is 0.0168. The van der Waals surface area contributed by atoms with E-state index < -0.39 is 0 Å². The quantitative estimate of drug-likeness (QED) is 0.473. The number of hydrogen-bond acceptors (Lipinski definition) is 3. The topological polar surface area (TPSA) is 41.9 Å². The van der Waals surface area contributed by atoms with Crippen LogP contribution >= 0.6 is 0 Å². The summed E-state index contributed by atoms with van der Waals surface area (Å²) >= 11 is 0. The van der Waals surface area contributed by atoms with Gasteiger partial charge in [0.15, 0.2) is 5.71 Å². The van der Waals surface area contributed by atoms with Gasteiger partial charge in [-0.3, -0.25) is 4.79 Å². The van der Waals surface area contributed by atoms with Crippen molar-refractivity contribution in [1.82, 2.24) is 4.90 Å². The molecule has 0 aromatic rings. The van der Waals surface area contributed by atoms with Crippen molar-refractivity contribution in [2.24, 2.45) is 5.16 Å². The van der Waals surface area contributed by atoms with Crippen molar-refractivity contribution in [3.63, 3.8) is 0 Å². The summed E-state index contributed by atoms with van der Waals surface area (Å²) in [7, 11) is 0. The van der Waals surface area contributed by atoms with Crippen LogP contribution in [0.4, 0.5) is 0 Å². The van der Waals surface area contributed by atoms with Gasteiger partial charge in [0, 0.05) is 17.8 Å². The predicted molar refractivity (Wildman–Crippen MR) is 89.6 cm³/mol. The SMILES string of the molecule is CCCCCON=C1C(=O)N(CCCCC)C2=C1C=CCC2. The smallest absolute Gasteiger partial charge is 0.280 e. The summed E-state index contributed by atoms with van der Waals surface area (Å²) in [6.07, 6.45) is 12.7. The molecule has 0 saturated carbocycles. The normalized spacial score (nSPS) is 19.3. The monoisotopic (exact) mass is 304 g/mol. The number of oxime groups is 1. The molecule has 2 aliphatic rings. The van der Waals surface area contributed by atoms with Crippen LogP contribution in [0.2, 0.25) is 0 Å². The van der Waals surface area contributed by atoms with Crippen molar-refractivity contribution in [2.45, 2.75) is 65.2 Å². The first-order valence-electron chi connectivity index (χ1n) is 8.71. The summed E-state index contributed by atoms with van der Waals surface area (Å²) in [5.74, 6) is 0.0168. The Kier molecular flexibility index (Phi) is 6.69. The third-order valence-corrected chi connectivity index (χ3v) is 4.15. The van der Waals surface area contributed by atoms with Gasteiger partial charge in [0.1, 0.15) is 6.61 Å². The Labute approximate surface area is 133 Å². The molecule has 0 bridgehead atoms. The first-order valence-corrected chi connectivity index (χ1v) is 8.71. The molecule has 0 spiro atoms. The van der Waals surface area contributed by atoms with Gasteiger partial charge in [-0.2, -0.15) is 0 Å². The summed E-state index contributed by atoms with van der Waals surface area (Å²) in [6, 6.07) is 0. The largest absolute Gasteiger partial charge is 0.395 e. The van der Waals surface area contributed by atoms with E-state index in [0.29, 0.717) is 12.3 Å². The molecule has 0 fully saturated rings. The third kappa shape index (κ3) is 3.99. The fraction of sp³-hybridized carbons (Fsp3) is 0.667. The fourth-order valence-electron chi connectivity index (χ4n) is 2.89. The Bertz CT molecular complexity index is 477. The van der Waals surface area contributed by atoms with Crippen molar-refractivity contribution >= 4 is 11.6 Å². The van der Waals surface area contributed by atoms with Crippen LogP contribution in [0.1, 0.15) is 65.2 Å². The molecule has 122 valence electrons. The molecule has 22 heavy (non-hydrogen) atoms. The van der Waals surface area contributed by atoms with E-state index in [1.165, 1.54) is 0 Å². The lowest BCUT2D eigenvalue weighted by Crippen LogP contribution is -2.30. The van der Waals surface area contributed by atoms with Crippen LogP contribution in [0.25, 0.3) is 0 Å². The molecule has 1 aliphatic heterocycles. The van der Waals surface area contributed by atoms with Gasteiger partial charge in [-0.1, -0.05) is 56.8 Å². The average molecular weight is 304 g/mol. The number of hydrogen-bond donors (Lipinski definition) is 0. The summed E-state index contributed by atoms with van der Waals surface area (Å²) in [4.78, 5) is 19.9. The lowest BCUT2D eigenvalue weighted by Gasteiger charge is -2.20. The Hall–Kier alpha value is -1.58. The van der Waals surface area contributed by atoms with E-state index in [2.05, 4.69) is 25.1 Å². The Morgan fingerprint density at radius 1 is 1.18 bits per heavy atom. The Morgan fingerprint density at radius 2 is 1.95 bits per heavy atom. The summed E-state index contributed by atoms with van der Waals surface area (Å²) in [6.45, 7) is 5.72. The van der Waals surface area contributed by atoms with E-state index in [0.717, 1.165) is 69.2 Å². The maximum Gasteiger partial charge on any atom is 0.280 e. The molecule has 1 heterocycles. The Morgan fingerprint density at radius 3 is 2.73 bits per heavy atom. The van der Waals surface area contributed by atoms with Crippen LogP contribution in [-0.4, -0.2) is 29.7 Å². The van der Waals surface area contributed by atoms with Crippen LogP contribution in [-0.2, 0) is 9.63 Å². The standard InChI is InChI=1S/C18H28N2O2/c1-3-5-9-13-20-16-12-8-7-11-15(16)17(18(20)21)19-22-14-10-6-4-2/h7,11H,3-6,8-10,12-14H2,1-2H3. The molecule has 4 heteroatoms. The van der Waals surface area contributed by atoms with Crippen LogP contribution < -0.4 is 0 Å². The summed E-state index contributed by atoms with van der Waals surface area (Å²) < 4.78 is 0. The van der Waals surface area contributed by atoms with E-state index in [1.54, 1.807) is 0 Å². The molecule has 0 saturated heterocycles. The Balaban J connectivity index is 2.03. The molecule has 4 nitrogen and oxygen atoms in total. The zero-order chi connectivity index (χ0) is 15.8. The molecule has 0 unspecified atom stereocenters. The van der Waals surface area contributed by atoms with Crippen molar-refractivity contribution in [3.8, 4) is 0 Å². The van der Waals surface area contributed by atoms with Gasteiger partial charge in [0.05, 0.1) is 0 Å². The number of allylic oxidation sites excluding steroid dienone is 3.